The minimum Gasteiger partial charge on any atom is -0.352 e. The van der Waals surface area contributed by atoms with E-state index in [-0.39, 0.29) is 24.0 Å². The molecule has 0 unspecified atom stereocenters. The molecule has 112 valence electrons. The van der Waals surface area contributed by atoms with Crippen LogP contribution in [0.15, 0.2) is 45.9 Å². The van der Waals surface area contributed by atoms with Gasteiger partial charge in [0.05, 0.1) is 6.54 Å². The van der Waals surface area contributed by atoms with E-state index < -0.39 is 0 Å². The number of aliphatic imine (C=N–C) groups is 1. The summed E-state index contributed by atoms with van der Waals surface area (Å²) in [5.41, 5.74) is 1.27. The van der Waals surface area contributed by atoms with Gasteiger partial charge in [0.2, 0.25) is 0 Å². The van der Waals surface area contributed by atoms with E-state index >= 15 is 0 Å². The number of hydrogen-bond donors (Lipinski definition) is 1. The molecule has 1 aliphatic heterocycles. The maximum atomic E-state index is 4.51. The Morgan fingerprint density at radius 1 is 1.29 bits per heavy atom. The first-order valence-corrected chi connectivity index (χ1v) is 7.77. The third kappa shape index (κ3) is 3.69. The van der Waals surface area contributed by atoms with Crippen molar-refractivity contribution < 1.29 is 0 Å². The van der Waals surface area contributed by atoms with Crippen molar-refractivity contribution in [2.75, 3.05) is 19.6 Å². The summed E-state index contributed by atoms with van der Waals surface area (Å²) in [6.45, 7) is 5.90. The van der Waals surface area contributed by atoms with Gasteiger partial charge in [-0.25, -0.2) is 0 Å². The van der Waals surface area contributed by atoms with Crippen LogP contribution in [0, 0.1) is 0 Å². The van der Waals surface area contributed by atoms with Crippen molar-refractivity contribution in [2.45, 2.75) is 13.5 Å². The SMILES string of the molecule is CCN1CCN=C1NCc1cc(Br)c2ccccc2c1.I. The Bertz CT molecular complexity index is 657. The molecular weight excluding hydrogens is 441 g/mol. The number of nitrogens with one attached hydrogen (secondary N) is 1. The molecule has 3 rings (SSSR count). The van der Waals surface area contributed by atoms with E-state index in [2.05, 4.69) is 74.5 Å². The molecule has 2 aromatic rings. The van der Waals surface area contributed by atoms with Crippen LogP contribution in [0.5, 0.6) is 0 Å². The Morgan fingerprint density at radius 2 is 2.10 bits per heavy atom. The second-order valence-electron chi connectivity index (χ2n) is 4.94. The predicted octanol–water partition coefficient (Wildman–Crippen LogP) is 4.00. The largest absolute Gasteiger partial charge is 0.352 e. The van der Waals surface area contributed by atoms with Gasteiger partial charge < -0.3 is 10.2 Å². The van der Waals surface area contributed by atoms with Gasteiger partial charge in [0.25, 0.3) is 0 Å². The number of benzene rings is 2. The zero-order valence-electron chi connectivity index (χ0n) is 12.0. The summed E-state index contributed by atoms with van der Waals surface area (Å²) in [7, 11) is 0. The topological polar surface area (TPSA) is 27.6 Å². The van der Waals surface area contributed by atoms with Crippen LogP contribution < -0.4 is 5.32 Å². The minimum absolute atomic E-state index is 0. The Morgan fingerprint density at radius 3 is 2.90 bits per heavy atom. The first-order valence-electron chi connectivity index (χ1n) is 6.98. The van der Waals surface area contributed by atoms with Crippen molar-refractivity contribution in [3.05, 3.63) is 46.4 Å². The summed E-state index contributed by atoms with van der Waals surface area (Å²) in [5, 5.41) is 5.96. The molecule has 2 aromatic carbocycles. The molecule has 21 heavy (non-hydrogen) atoms. The van der Waals surface area contributed by atoms with Crippen LogP contribution in [-0.2, 0) is 6.54 Å². The molecule has 0 saturated carbocycles. The smallest absolute Gasteiger partial charge is 0.194 e. The van der Waals surface area contributed by atoms with Gasteiger partial charge in [-0.15, -0.1) is 24.0 Å². The Kier molecular flexibility index (Phi) is 5.87. The normalized spacial score (nSPS) is 14.0. The summed E-state index contributed by atoms with van der Waals surface area (Å²) in [5.74, 6) is 1.02. The number of nitrogens with zero attached hydrogens (tertiary/aromatic N) is 2. The molecule has 5 heteroatoms. The molecule has 1 aliphatic rings. The van der Waals surface area contributed by atoms with E-state index in [4.69, 9.17) is 0 Å². The highest BCUT2D eigenvalue weighted by Crippen LogP contribution is 2.25. The fraction of sp³-hybridized carbons (Fsp3) is 0.312. The molecule has 0 aromatic heterocycles. The molecule has 0 spiro atoms. The predicted molar refractivity (Wildman–Crippen MR) is 103 cm³/mol. The first-order chi connectivity index (χ1) is 9.78. The Balaban J connectivity index is 0.00000161. The molecule has 1 heterocycles. The second kappa shape index (κ2) is 7.45. The average molecular weight is 460 g/mol. The average Bonchev–Trinajstić information content (AvgIpc) is 2.93. The first kappa shape index (κ1) is 16.5. The lowest BCUT2D eigenvalue weighted by atomic mass is 10.1. The lowest BCUT2D eigenvalue weighted by Crippen LogP contribution is -2.37. The summed E-state index contributed by atoms with van der Waals surface area (Å²) < 4.78 is 1.15. The van der Waals surface area contributed by atoms with Crippen molar-refractivity contribution in [3.8, 4) is 0 Å². The van der Waals surface area contributed by atoms with Crippen LogP contribution in [-0.4, -0.2) is 30.5 Å². The fourth-order valence-electron chi connectivity index (χ4n) is 2.56. The summed E-state index contributed by atoms with van der Waals surface area (Å²) in [6.07, 6.45) is 0. The van der Waals surface area contributed by atoms with Crippen LogP contribution in [0.25, 0.3) is 10.8 Å². The van der Waals surface area contributed by atoms with Gasteiger partial charge in [0.1, 0.15) is 0 Å². The number of hydrogen-bond acceptors (Lipinski definition) is 3. The minimum atomic E-state index is 0. The third-order valence-corrected chi connectivity index (χ3v) is 4.29. The van der Waals surface area contributed by atoms with Gasteiger partial charge in [0.15, 0.2) is 5.96 Å². The maximum Gasteiger partial charge on any atom is 0.194 e. The molecule has 0 atom stereocenters. The van der Waals surface area contributed by atoms with E-state index in [0.29, 0.717) is 0 Å². The molecule has 3 nitrogen and oxygen atoms in total. The highest BCUT2D eigenvalue weighted by molar-refractivity contribution is 14.0. The number of rotatable bonds is 3. The zero-order chi connectivity index (χ0) is 13.9. The molecule has 0 aliphatic carbocycles. The number of fused-ring (bicyclic) bond motifs is 1. The monoisotopic (exact) mass is 459 g/mol. The van der Waals surface area contributed by atoms with Gasteiger partial charge in [-0.3, -0.25) is 4.99 Å². The van der Waals surface area contributed by atoms with Crippen LogP contribution in [0.1, 0.15) is 12.5 Å². The van der Waals surface area contributed by atoms with Gasteiger partial charge >= 0.3 is 0 Å². The van der Waals surface area contributed by atoms with Crippen molar-refractivity contribution in [1.29, 1.82) is 0 Å². The van der Waals surface area contributed by atoms with Gasteiger partial charge in [0, 0.05) is 24.1 Å². The summed E-state index contributed by atoms with van der Waals surface area (Å²) >= 11 is 3.66. The lowest BCUT2D eigenvalue weighted by molar-refractivity contribution is 0.466. The molecule has 0 amide bonds. The van der Waals surface area contributed by atoms with Crippen molar-refractivity contribution in [2.24, 2.45) is 4.99 Å². The van der Waals surface area contributed by atoms with Crippen molar-refractivity contribution in [1.82, 2.24) is 10.2 Å². The van der Waals surface area contributed by atoms with Crippen LogP contribution >= 0.6 is 39.9 Å². The molecule has 0 radical (unpaired) electrons. The van der Waals surface area contributed by atoms with Crippen LogP contribution in [0.2, 0.25) is 0 Å². The summed E-state index contributed by atoms with van der Waals surface area (Å²) in [6, 6.07) is 12.8. The zero-order valence-corrected chi connectivity index (χ0v) is 15.9. The van der Waals surface area contributed by atoms with E-state index in [1.165, 1.54) is 16.3 Å². The lowest BCUT2D eigenvalue weighted by Gasteiger charge is -2.19. The van der Waals surface area contributed by atoms with Gasteiger partial charge in [-0.2, -0.15) is 0 Å². The highest BCUT2D eigenvalue weighted by Gasteiger charge is 2.14. The van der Waals surface area contributed by atoms with Crippen molar-refractivity contribution >= 4 is 56.6 Å². The quantitative estimate of drug-likeness (QED) is 0.702. The van der Waals surface area contributed by atoms with Crippen LogP contribution in [0.4, 0.5) is 0 Å². The molecule has 0 saturated heterocycles. The third-order valence-electron chi connectivity index (χ3n) is 3.63. The van der Waals surface area contributed by atoms with E-state index in [1.807, 2.05) is 0 Å². The Labute approximate surface area is 151 Å². The highest BCUT2D eigenvalue weighted by atomic mass is 127. The van der Waals surface area contributed by atoms with Gasteiger partial charge in [-0.05, 0) is 35.4 Å². The maximum absolute atomic E-state index is 4.51. The van der Waals surface area contributed by atoms with E-state index in [9.17, 15) is 0 Å². The van der Waals surface area contributed by atoms with Gasteiger partial charge in [-0.1, -0.05) is 40.2 Å². The second-order valence-corrected chi connectivity index (χ2v) is 5.79. The van der Waals surface area contributed by atoms with E-state index in [1.54, 1.807) is 0 Å². The Hall–Kier alpha value is -0.820. The molecule has 0 fully saturated rings. The molecular formula is C16H19BrIN3. The molecule has 0 bridgehead atoms. The standard InChI is InChI=1S/C16H18BrN3.HI/c1-2-20-8-7-18-16(20)19-11-12-9-13-5-3-4-6-14(13)15(17)10-12;/h3-6,9-10H,2,7-8,11H2,1H3,(H,18,19);1H. The number of guanidine groups is 1. The van der Waals surface area contributed by atoms with Crippen LogP contribution in [0.3, 0.4) is 0 Å². The summed E-state index contributed by atoms with van der Waals surface area (Å²) in [4.78, 5) is 6.78. The van der Waals surface area contributed by atoms with E-state index in [0.717, 1.165) is 36.6 Å². The number of halogens is 2. The molecule has 1 N–H and O–H groups in total. The number of likely N-dealkylation sites (N-methyl/N-ethyl adjacent to an activating group) is 1. The fourth-order valence-corrected chi connectivity index (χ4v) is 3.22. The van der Waals surface area contributed by atoms with Crippen molar-refractivity contribution in [3.63, 3.8) is 0 Å².